The van der Waals surface area contributed by atoms with E-state index < -0.39 is 0 Å². The van der Waals surface area contributed by atoms with Crippen molar-refractivity contribution in [2.45, 2.75) is 6.92 Å². The van der Waals surface area contributed by atoms with E-state index in [1.54, 1.807) is 0 Å². The molecule has 0 bridgehead atoms. The number of rotatable bonds is 1. The van der Waals surface area contributed by atoms with Gasteiger partial charge in [0, 0.05) is 6.92 Å². The molecular formula is C4H9CaClO2. The van der Waals surface area contributed by atoms with Crippen molar-refractivity contribution in [3.63, 3.8) is 0 Å². The third-order valence-electron chi connectivity index (χ3n) is 0.249. The molecule has 0 unspecified atom stereocenters. The zero-order chi connectivity index (χ0) is 4.99. The van der Waals surface area contributed by atoms with Crippen LogP contribution in [0, 0.1) is 0 Å². The molecule has 0 spiro atoms. The Morgan fingerprint density at radius 3 is 2.12 bits per heavy atom. The SMILES string of the molecule is C=COC(C)=O.Cl.[CaH2]. The van der Waals surface area contributed by atoms with Crippen LogP contribution in [0.1, 0.15) is 6.92 Å². The molecule has 0 saturated heterocycles. The monoisotopic (exact) mass is 164 g/mol. The molecule has 0 heterocycles. The first-order valence-electron chi connectivity index (χ1n) is 1.55. The molecule has 0 amide bonds. The minimum absolute atomic E-state index is 0. The predicted octanol–water partition coefficient (Wildman–Crippen LogP) is 0.199. The summed E-state index contributed by atoms with van der Waals surface area (Å²) in [6.45, 7) is 4.48. The molecule has 0 aliphatic heterocycles. The Kier molecular flexibility index (Phi) is 21.2. The fourth-order valence-electron chi connectivity index (χ4n) is 0.117. The fourth-order valence-corrected chi connectivity index (χ4v) is 0.117. The molecule has 46 valence electrons. The van der Waals surface area contributed by atoms with E-state index in [-0.39, 0.29) is 56.1 Å². The second kappa shape index (κ2) is 10.7. The Balaban J connectivity index is -0.000000125. The van der Waals surface area contributed by atoms with Crippen LogP contribution in [0.2, 0.25) is 0 Å². The molecule has 0 fully saturated rings. The van der Waals surface area contributed by atoms with E-state index in [0.29, 0.717) is 0 Å². The molecule has 0 atom stereocenters. The Morgan fingerprint density at radius 2 is 2.12 bits per heavy atom. The summed E-state index contributed by atoms with van der Waals surface area (Å²) in [5.41, 5.74) is 0. The molecule has 0 saturated carbocycles. The molecule has 0 rings (SSSR count). The van der Waals surface area contributed by atoms with E-state index in [9.17, 15) is 4.79 Å². The van der Waals surface area contributed by atoms with Crippen LogP contribution < -0.4 is 0 Å². The Hall–Kier alpha value is 0.760. The maximum atomic E-state index is 9.75. The molecule has 0 aromatic carbocycles. The molecule has 0 radical (unpaired) electrons. The molecular weight excluding hydrogens is 156 g/mol. The van der Waals surface area contributed by atoms with Crippen molar-refractivity contribution in [1.29, 1.82) is 0 Å². The van der Waals surface area contributed by atoms with Gasteiger partial charge in [-0.1, -0.05) is 6.58 Å². The van der Waals surface area contributed by atoms with Crippen LogP contribution in [0.3, 0.4) is 0 Å². The van der Waals surface area contributed by atoms with E-state index in [1.165, 1.54) is 6.92 Å². The van der Waals surface area contributed by atoms with Gasteiger partial charge in [0.05, 0.1) is 6.26 Å². The number of carbonyl (C=O) groups is 1. The minimum atomic E-state index is -0.329. The third kappa shape index (κ3) is 15.9. The second-order valence-electron chi connectivity index (χ2n) is 0.776. The predicted molar refractivity (Wildman–Crippen MR) is 37.8 cm³/mol. The summed E-state index contributed by atoms with van der Waals surface area (Å²) in [7, 11) is 0. The molecule has 0 N–H and O–H groups in total. The molecule has 4 heteroatoms. The number of esters is 1. The van der Waals surface area contributed by atoms with Gasteiger partial charge in [-0.3, -0.25) is 4.79 Å². The van der Waals surface area contributed by atoms with E-state index in [0.717, 1.165) is 6.26 Å². The third-order valence-corrected chi connectivity index (χ3v) is 0.249. The van der Waals surface area contributed by atoms with Crippen LogP contribution in [-0.4, -0.2) is 43.7 Å². The van der Waals surface area contributed by atoms with Gasteiger partial charge in [-0.15, -0.1) is 12.4 Å². The van der Waals surface area contributed by atoms with Crippen LogP contribution in [0.5, 0.6) is 0 Å². The average molecular weight is 165 g/mol. The number of halogens is 1. The van der Waals surface area contributed by atoms with E-state index in [4.69, 9.17) is 0 Å². The number of hydrogen-bond donors (Lipinski definition) is 0. The standard InChI is InChI=1S/C4H6O2.Ca.ClH.2H/c1-3-6-4(2)5;;;;/h3H,1H2,2H3;;1H;;. The van der Waals surface area contributed by atoms with Gasteiger partial charge in [0.15, 0.2) is 0 Å². The van der Waals surface area contributed by atoms with Gasteiger partial charge in [-0.05, 0) is 0 Å². The summed E-state index contributed by atoms with van der Waals surface area (Å²) in [6, 6.07) is 0. The second-order valence-corrected chi connectivity index (χ2v) is 0.776. The Labute approximate surface area is 84.7 Å². The van der Waals surface area contributed by atoms with Gasteiger partial charge >= 0.3 is 43.7 Å². The van der Waals surface area contributed by atoms with E-state index in [1.807, 2.05) is 0 Å². The van der Waals surface area contributed by atoms with Crippen LogP contribution in [0.15, 0.2) is 12.8 Å². The van der Waals surface area contributed by atoms with Crippen LogP contribution >= 0.6 is 12.4 Å². The van der Waals surface area contributed by atoms with Crippen molar-refractivity contribution in [3.8, 4) is 0 Å². The van der Waals surface area contributed by atoms with Gasteiger partial charge in [-0.25, -0.2) is 0 Å². The van der Waals surface area contributed by atoms with Gasteiger partial charge in [-0.2, -0.15) is 0 Å². The Bertz CT molecular complexity index is 74.4. The first-order valence-corrected chi connectivity index (χ1v) is 1.55. The van der Waals surface area contributed by atoms with Gasteiger partial charge in [0.2, 0.25) is 0 Å². The summed E-state index contributed by atoms with van der Waals surface area (Å²) in [5.74, 6) is -0.329. The first kappa shape index (κ1) is 15.9. The summed E-state index contributed by atoms with van der Waals surface area (Å²) in [5, 5.41) is 0. The van der Waals surface area contributed by atoms with Crippen LogP contribution in [0.4, 0.5) is 0 Å². The molecule has 0 aromatic rings. The molecule has 0 aliphatic rings. The van der Waals surface area contributed by atoms with Crippen molar-refractivity contribution in [2.24, 2.45) is 0 Å². The maximum absolute atomic E-state index is 9.75. The molecule has 0 aliphatic carbocycles. The number of ether oxygens (including phenoxy) is 1. The molecule has 2 nitrogen and oxygen atoms in total. The number of carbonyl (C=O) groups excluding carboxylic acids is 1. The van der Waals surface area contributed by atoms with E-state index in [2.05, 4.69) is 11.3 Å². The van der Waals surface area contributed by atoms with Gasteiger partial charge < -0.3 is 4.74 Å². The van der Waals surface area contributed by atoms with Crippen LogP contribution in [-0.2, 0) is 9.53 Å². The number of hydrogen-bond acceptors (Lipinski definition) is 2. The van der Waals surface area contributed by atoms with E-state index >= 15 is 0 Å². The van der Waals surface area contributed by atoms with Gasteiger partial charge in [0.1, 0.15) is 0 Å². The summed E-state index contributed by atoms with van der Waals surface area (Å²) in [6.07, 6.45) is 1.10. The Morgan fingerprint density at radius 1 is 1.75 bits per heavy atom. The normalized spacial score (nSPS) is 5.12. The average Bonchev–Trinajstić information content (AvgIpc) is 1.35. The molecule has 0 aromatic heterocycles. The first-order chi connectivity index (χ1) is 2.77. The summed E-state index contributed by atoms with van der Waals surface area (Å²) < 4.78 is 4.17. The van der Waals surface area contributed by atoms with Gasteiger partial charge in [0.25, 0.3) is 0 Å². The van der Waals surface area contributed by atoms with Crippen molar-refractivity contribution in [1.82, 2.24) is 0 Å². The molecule has 8 heavy (non-hydrogen) atoms. The van der Waals surface area contributed by atoms with Crippen molar-refractivity contribution in [3.05, 3.63) is 12.8 Å². The summed E-state index contributed by atoms with van der Waals surface area (Å²) >= 11 is 0. The zero-order valence-electron chi connectivity index (χ0n) is 4.01. The van der Waals surface area contributed by atoms with Crippen LogP contribution in [0.25, 0.3) is 0 Å². The van der Waals surface area contributed by atoms with Crippen molar-refractivity contribution >= 4 is 56.1 Å². The van der Waals surface area contributed by atoms with Crippen molar-refractivity contribution in [2.75, 3.05) is 0 Å². The van der Waals surface area contributed by atoms with Crippen molar-refractivity contribution < 1.29 is 9.53 Å². The fraction of sp³-hybridized carbons (Fsp3) is 0.250. The summed E-state index contributed by atoms with van der Waals surface area (Å²) in [4.78, 5) is 9.75. The topological polar surface area (TPSA) is 26.3 Å². The zero-order valence-corrected chi connectivity index (χ0v) is 4.83. The quantitative estimate of drug-likeness (QED) is 0.315.